The summed E-state index contributed by atoms with van der Waals surface area (Å²) in [5.41, 5.74) is 1.99. The number of guanidine groups is 1. The summed E-state index contributed by atoms with van der Waals surface area (Å²) in [5.74, 6) is -9.21. The number of ether oxygens (including phenoxy) is 5. The van der Waals surface area contributed by atoms with E-state index in [1.807, 2.05) is 0 Å². The lowest BCUT2D eigenvalue weighted by molar-refractivity contribution is -0.341. The predicted octanol–water partition coefficient (Wildman–Crippen LogP) is 6.27. The Labute approximate surface area is 574 Å². The Morgan fingerprint density at radius 2 is 1.42 bits per heavy atom. The van der Waals surface area contributed by atoms with Gasteiger partial charge in [0.25, 0.3) is 5.91 Å². The van der Waals surface area contributed by atoms with Crippen LogP contribution in [0.5, 0.6) is 0 Å². The molecule has 0 radical (unpaired) electrons. The van der Waals surface area contributed by atoms with E-state index >= 15 is 4.79 Å². The zero-order chi connectivity index (χ0) is 71.6. The quantitative estimate of drug-likeness (QED) is 0.00632. The molecule has 0 spiro atoms. The molecule has 97 heavy (non-hydrogen) atoms. The molecule has 1 heterocycles. The van der Waals surface area contributed by atoms with Gasteiger partial charge in [-0.2, -0.15) is 0 Å². The summed E-state index contributed by atoms with van der Waals surface area (Å²) >= 11 is 0. The summed E-state index contributed by atoms with van der Waals surface area (Å²) in [6, 6.07) is 20.9. The summed E-state index contributed by atoms with van der Waals surface area (Å²) in [6.45, 7) is 16.6. The molecule has 3 aromatic rings. The van der Waals surface area contributed by atoms with Crippen molar-refractivity contribution in [2.75, 3.05) is 24.7 Å². The molecule has 15 atom stereocenters. The molecule has 1 saturated heterocycles. The number of nitrogens with one attached hydrogen (secondary N) is 5. The third kappa shape index (κ3) is 16.9. The third-order valence-electron chi connectivity index (χ3n) is 20.2. The molecule has 3 fully saturated rings. The van der Waals surface area contributed by atoms with Gasteiger partial charge in [-0.3, -0.25) is 49.1 Å². The molecule has 2 amide bonds. The first-order valence-electron chi connectivity index (χ1n) is 32.9. The van der Waals surface area contributed by atoms with Crippen molar-refractivity contribution in [1.29, 1.82) is 5.41 Å². The SMILES string of the molecule is CCC(C)(N)C(=O)[C@@H](CCCNC(=N)N)NC(C)(CC)C(=O)[C@@H](CSSCCCC(=O)C[C@H]1C[C@H]2OC[C@@]2(OC(C)=O)[C@H]2[C@H](OC(=O)c3ccccc3)[C@]3(O)C[C@H](OC(=O)[C@H](O)C(NC(=O)c4ccccc4)c4ccccc4)C(C)=C([C@@H](OC(C)=O)C(=O)[C@]12C)C3(C)C)NC(C)=O. The van der Waals surface area contributed by atoms with Gasteiger partial charge < -0.3 is 61.3 Å². The van der Waals surface area contributed by atoms with Gasteiger partial charge in [0.15, 0.2) is 41.1 Å². The van der Waals surface area contributed by atoms with Crippen molar-refractivity contribution < 1.29 is 81.8 Å². The fourth-order valence-electron chi connectivity index (χ4n) is 14.4. The molecular formula is C71H95N7O17S2. The number of benzene rings is 3. The second-order valence-electron chi connectivity index (χ2n) is 27.1. The van der Waals surface area contributed by atoms with E-state index < -0.39 is 141 Å². The molecule has 3 aliphatic carbocycles. The Morgan fingerprint density at radius 1 is 0.804 bits per heavy atom. The van der Waals surface area contributed by atoms with Crippen molar-refractivity contribution in [3.8, 4) is 0 Å². The highest BCUT2D eigenvalue weighted by atomic mass is 33.1. The lowest BCUT2D eigenvalue weighted by atomic mass is 9.42. The van der Waals surface area contributed by atoms with Crippen LogP contribution in [0.15, 0.2) is 102 Å². The van der Waals surface area contributed by atoms with Crippen molar-refractivity contribution in [2.24, 2.45) is 34.1 Å². The van der Waals surface area contributed by atoms with Gasteiger partial charge in [0.2, 0.25) is 5.91 Å². The highest BCUT2D eigenvalue weighted by Gasteiger charge is 2.78. The number of hydrogen-bond acceptors (Lipinski definition) is 22. The van der Waals surface area contributed by atoms with Gasteiger partial charge in [-0.1, -0.05) is 123 Å². The van der Waals surface area contributed by atoms with Crippen LogP contribution in [0.4, 0.5) is 0 Å². The molecule has 3 aromatic carbocycles. The molecule has 0 aromatic heterocycles. The standard InChI is InChI=1S/C71H95N7O17S2/c1-12-67(9,74)58(84)49(32-23-33-75-65(72)73)78-68(10,13-2)59(85)50(76-41(4)79)38-97-96-34-24-31-48(82)35-47-36-52-70(39-91-52,95-43(6)81)57-61(94-63(88)46-29-21-16-22-30-46)71(90)37-51(40(3)53(66(71,7)8)56(92-42(5)80)60(86)69(47,57)11)93-64(89)55(83)54(44-25-17-14-18-26-44)77-62(87)45-27-19-15-20-28-45/h14-22,25-30,47,49-52,54-57,61,78,83,90H,12-13,23-24,31-39,74H2,1-11H3,(H,76,79)(H,77,87)(H4,72,73,75)/t47-,49+,50+,51-,52+,54?,55+,56+,57-,61-,67?,68?,69+,70-,71+/m0/s1. The molecule has 7 rings (SSSR count). The van der Waals surface area contributed by atoms with Crippen LogP contribution in [0, 0.1) is 28.1 Å². The van der Waals surface area contributed by atoms with Gasteiger partial charge in [-0.25, -0.2) is 9.59 Å². The van der Waals surface area contributed by atoms with Crippen molar-refractivity contribution in [2.45, 2.75) is 205 Å². The van der Waals surface area contributed by atoms with Crippen LogP contribution in [-0.2, 0) is 62.0 Å². The molecular weight excluding hydrogens is 1290 g/mol. The average Bonchev–Trinajstić information content (AvgIpc) is 0.668. The lowest BCUT2D eigenvalue weighted by Gasteiger charge is -2.68. The minimum Gasteiger partial charge on any atom is -0.456 e. The van der Waals surface area contributed by atoms with Gasteiger partial charge in [0.05, 0.1) is 47.3 Å². The molecule has 11 N–H and O–H groups in total. The summed E-state index contributed by atoms with van der Waals surface area (Å²) in [4.78, 5) is 143. The van der Waals surface area contributed by atoms with Crippen molar-refractivity contribution in [3.05, 3.63) is 119 Å². The maximum absolute atomic E-state index is 16.6. The first kappa shape index (κ1) is 77.0. The number of esters is 4. The van der Waals surface area contributed by atoms with Crippen LogP contribution in [0.25, 0.3) is 0 Å². The summed E-state index contributed by atoms with van der Waals surface area (Å²) < 4.78 is 31.7. The number of carbonyl (C=O) groups is 10. The predicted molar refractivity (Wildman–Crippen MR) is 364 cm³/mol. The number of Topliss-reactive ketones (excluding diaryl/α,β-unsaturated/α-hetero) is 4. The van der Waals surface area contributed by atoms with E-state index in [9.17, 15) is 53.4 Å². The summed E-state index contributed by atoms with van der Waals surface area (Å²) in [6.07, 6.45) is -7.97. The summed E-state index contributed by atoms with van der Waals surface area (Å²) in [5, 5.41) is 45.5. The molecule has 1 aliphatic heterocycles. The number of aliphatic hydroxyl groups excluding tert-OH is 1. The monoisotopic (exact) mass is 1380 g/mol. The van der Waals surface area contributed by atoms with Gasteiger partial charge in [0.1, 0.15) is 29.7 Å². The minimum absolute atomic E-state index is 0.0261. The molecule has 528 valence electrons. The first-order valence-corrected chi connectivity index (χ1v) is 35.4. The molecule has 26 heteroatoms. The number of ketones is 4. The van der Waals surface area contributed by atoms with E-state index in [0.29, 0.717) is 37.1 Å². The fraction of sp³-hybridized carbons (Fsp3) is 0.563. The number of rotatable bonds is 32. The Kier molecular flexibility index (Phi) is 25.5. The Bertz CT molecular complexity index is 3450. The van der Waals surface area contributed by atoms with E-state index in [4.69, 9.17) is 40.6 Å². The largest absolute Gasteiger partial charge is 0.456 e. The van der Waals surface area contributed by atoms with Crippen LogP contribution in [0.3, 0.4) is 0 Å². The number of nitrogens with two attached hydrogens (primary N) is 2. The van der Waals surface area contributed by atoms with E-state index in [2.05, 4.69) is 21.3 Å². The van der Waals surface area contributed by atoms with Crippen molar-refractivity contribution in [3.63, 3.8) is 0 Å². The second kappa shape index (κ2) is 32.1. The Hall–Kier alpha value is -7.33. The van der Waals surface area contributed by atoms with Gasteiger partial charge in [-0.05, 0) is 106 Å². The van der Waals surface area contributed by atoms with Crippen molar-refractivity contribution >= 4 is 86.4 Å². The Balaban J connectivity index is 1.20. The van der Waals surface area contributed by atoms with Gasteiger partial charge in [-0.15, -0.1) is 0 Å². The highest BCUT2D eigenvalue weighted by Crippen LogP contribution is 2.66. The maximum Gasteiger partial charge on any atom is 0.338 e. The van der Waals surface area contributed by atoms with Crippen LogP contribution < -0.4 is 32.7 Å². The molecule has 2 saturated carbocycles. The molecule has 4 aliphatic rings. The van der Waals surface area contributed by atoms with E-state index in [1.165, 1.54) is 54.5 Å². The van der Waals surface area contributed by atoms with Crippen LogP contribution in [-0.4, -0.2) is 165 Å². The van der Waals surface area contributed by atoms with E-state index in [-0.39, 0.29) is 90.0 Å². The number of aliphatic hydroxyl groups is 2. The summed E-state index contributed by atoms with van der Waals surface area (Å²) in [7, 11) is 2.66. The number of hydrogen-bond donors (Lipinski definition) is 9. The van der Waals surface area contributed by atoms with Crippen LogP contribution in [0.1, 0.15) is 166 Å². The highest BCUT2D eigenvalue weighted by molar-refractivity contribution is 8.76. The third-order valence-corrected chi connectivity index (χ3v) is 22.7. The normalized spacial score (nSPS) is 26.4. The second-order valence-corrected chi connectivity index (χ2v) is 29.7. The zero-order valence-electron chi connectivity index (χ0n) is 57.1. The Morgan fingerprint density at radius 3 is 1.98 bits per heavy atom. The van der Waals surface area contributed by atoms with Crippen LogP contribution >= 0.6 is 21.6 Å². The molecule has 3 unspecified atom stereocenters. The zero-order valence-corrected chi connectivity index (χ0v) is 58.7. The van der Waals surface area contributed by atoms with Gasteiger partial charge >= 0.3 is 23.9 Å². The fourth-order valence-corrected chi connectivity index (χ4v) is 16.7. The van der Waals surface area contributed by atoms with Gasteiger partial charge in [0, 0.05) is 74.5 Å². The first-order chi connectivity index (χ1) is 45.6. The van der Waals surface area contributed by atoms with E-state index in [1.54, 1.807) is 120 Å². The average molecular weight is 1380 g/mol. The number of amides is 2. The van der Waals surface area contributed by atoms with Crippen LogP contribution in [0.2, 0.25) is 0 Å². The minimum atomic E-state index is -2.49. The van der Waals surface area contributed by atoms with E-state index in [0.717, 1.165) is 13.8 Å². The van der Waals surface area contributed by atoms with Crippen molar-refractivity contribution in [1.82, 2.24) is 21.3 Å². The number of fused-ring (bicyclic) bond motifs is 5. The topological polar surface area (TPSA) is 381 Å². The number of carbonyl (C=O) groups excluding carboxylic acids is 10. The molecule has 2 bridgehead atoms. The molecule has 24 nitrogen and oxygen atoms in total. The maximum atomic E-state index is 16.6. The lowest BCUT2D eigenvalue weighted by Crippen LogP contribution is -2.81. The smallest absolute Gasteiger partial charge is 0.338 e.